The van der Waals surface area contributed by atoms with Crippen molar-refractivity contribution in [3.63, 3.8) is 0 Å². The van der Waals surface area contributed by atoms with Crippen LogP contribution in [0.5, 0.6) is 5.75 Å². The first-order valence-electron chi connectivity index (χ1n) is 11.7. The molecule has 1 aliphatic rings. The topological polar surface area (TPSA) is 79.7 Å². The average molecular weight is 471 g/mol. The van der Waals surface area contributed by atoms with Gasteiger partial charge in [-0.05, 0) is 66.3 Å². The molecule has 1 saturated heterocycles. The van der Waals surface area contributed by atoms with Crippen LogP contribution >= 0.6 is 0 Å². The number of rotatable bonds is 6. The van der Waals surface area contributed by atoms with Gasteiger partial charge in [-0.2, -0.15) is 0 Å². The summed E-state index contributed by atoms with van der Waals surface area (Å²) in [6.45, 7) is 8.27. The van der Waals surface area contributed by atoms with Gasteiger partial charge in [-0.15, -0.1) is 0 Å². The van der Waals surface area contributed by atoms with E-state index in [0.29, 0.717) is 16.9 Å². The summed E-state index contributed by atoms with van der Waals surface area (Å²) in [4.78, 5) is 32.4. The quantitative estimate of drug-likeness (QED) is 0.294. The monoisotopic (exact) mass is 470 g/mol. The molecule has 1 amide bonds. The molecule has 4 rings (SSSR count). The summed E-state index contributed by atoms with van der Waals surface area (Å²) in [6.07, 6.45) is 3.27. The first-order chi connectivity index (χ1) is 16.7. The van der Waals surface area contributed by atoms with Crippen molar-refractivity contribution in [2.75, 3.05) is 7.11 Å². The van der Waals surface area contributed by atoms with Gasteiger partial charge in [-0.3, -0.25) is 14.6 Å². The fourth-order valence-electron chi connectivity index (χ4n) is 4.57. The maximum absolute atomic E-state index is 13.3. The zero-order valence-electron chi connectivity index (χ0n) is 20.7. The molecule has 0 aliphatic carbocycles. The van der Waals surface area contributed by atoms with E-state index in [1.54, 1.807) is 37.7 Å². The highest BCUT2D eigenvalue weighted by molar-refractivity contribution is 6.46. The summed E-state index contributed by atoms with van der Waals surface area (Å²) < 4.78 is 5.46. The maximum Gasteiger partial charge on any atom is 0.295 e. The maximum atomic E-state index is 13.3. The second-order valence-electron chi connectivity index (χ2n) is 9.25. The molecular formula is C29H30N2O4. The minimum atomic E-state index is -0.756. The lowest BCUT2D eigenvalue weighted by Crippen LogP contribution is -2.29. The van der Waals surface area contributed by atoms with Gasteiger partial charge < -0.3 is 14.7 Å². The van der Waals surface area contributed by atoms with Crippen LogP contribution in [-0.2, 0) is 16.1 Å². The number of pyridine rings is 1. The predicted molar refractivity (Wildman–Crippen MR) is 135 cm³/mol. The Bertz CT molecular complexity index is 1310. The highest BCUT2D eigenvalue weighted by Gasteiger charge is 2.46. The van der Waals surface area contributed by atoms with Crippen molar-refractivity contribution in [2.45, 2.75) is 46.2 Å². The summed E-state index contributed by atoms with van der Waals surface area (Å²) in [6, 6.07) is 14.2. The lowest BCUT2D eigenvalue weighted by atomic mass is 9.93. The Hall–Kier alpha value is -3.93. The van der Waals surface area contributed by atoms with E-state index in [4.69, 9.17) is 4.74 Å². The van der Waals surface area contributed by atoms with Crippen molar-refractivity contribution in [1.82, 2.24) is 9.88 Å². The van der Waals surface area contributed by atoms with Crippen molar-refractivity contribution in [3.05, 3.63) is 99.9 Å². The molecule has 1 aliphatic heterocycles. The Labute approximate surface area is 205 Å². The molecule has 2 heterocycles. The third-order valence-corrected chi connectivity index (χ3v) is 6.51. The zero-order valence-corrected chi connectivity index (χ0v) is 20.7. The fraction of sp³-hybridized carbons (Fsp3) is 0.276. The van der Waals surface area contributed by atoms with E-state index < -0.39 is 17.7 Å². The predicted octanol–water partition coefficient (Wildman–Crippen LogP) is 5.45. The van der Waals surface area contributed by atoms with Crippen LogP contribution in [0.1, 0.15) is 59.2 Å². The Morgan fingerprint density at radius 3 is 2.54 bits per heavy atom. The van der Waals surface area contributed by atoms with Crippen molar-refractivity contribution >= 4 is 17.4 Å². The van der Waals surface area contributed by atoms with Gasteiger partial charge in [-0.1, -0.05) is 43.7 Å². The number of carbonyl (C=O) groups excluding carboxylic acids is 2. The molecule has 0 bridgehead atoms. The number of hydrogen-bond donors (Lipinski definition) is 1. The van der Waals surface area contributed by atoms with Gasteiger partial charge in [0.05, 0.1) is 18.7 Å². The smallest absolute Gasteiger partial charge is 0.295 e. The first kappa shape index (κ1) is 24.2. The van der Waals surface area contributed by atoms with Gasteiger partial charge in [0.15, 0.2) is 0 Å². The van der Waals surface area contributed by atoms with Crippen LogP contribution in [0.3, 0.4) is 0 Å². The Morgan fingerprint density at radius 1 is 1.11 bits per heavy atom. The van der Waals surface area contributed by atoms with E-state index in [9.17, 15) is 14.7 Å². The number of carbonyl (C=O) groups is 2. The van der Waals surface area contributed by atoms with E-state index in [-0.39, 0.29) is 23.8 Å². The van der Waals surface area contributed by atoms with Crippen LogP contribution in [-0.4, -0.2) is 33.8 Å². The normalized spacial score (nSPS) is 17.3. The van der Waals surface area contributed by atoms with Crippen molar-refractivity contribution in [1.29, 1.82) is 0 Å². The highest BCUT2D eigenvalue weighted by atomic mass is 16.5. The third-order valence-electron chi connectivity index (χ3n) is 6.51. The second kappa shape index (κ2) is 9.74. The number of likely N-dealkylation sites (tertiary alicyclic amines) is 1. The molecule has 1 N–H and O–H groups in total. The lowest BCUT2D eigenvalue weighted by Gasteiger charge is -2.26. The molecule has 6 nitrogen and oxygen atoms in total. The van der Waals surface area contributed by atoms with Gasteiger partial charge in [0.2, 0.25) is 0 Å². The number of aliphatic hydroxyl groups is 1. The molecule has 1 aromatic heterocycles. The number of Topliss-reactive ketones (excluding diaryl/α,β-unsaturated/α-hetero) is 1. The Morgan fingerprint density at radius 2 is 1.89 bits per heavy atom. The number of nitrogens with zero attached hydrogens (tertiary/aromatic N) is 2. The number of ketones is 1. The summed E-state index contributed by atoms with van der Waals surface area (Å²) in [5.41, 5.74) is 5.14. The van der Waals surface area contributed by atoms with E-state index in [1.165, 1.54) is 4.90 Å². The fourth-order valence-corrected chi connectivity index (χ4v) is 4.57. The first-order valence-corrected chi connectivity index (χ1v) is 11.7. The van der Waals surface area contributed by atoms with E-state index >= 15 is 0 Å². The van der Waals surface area contributed by atoms with E-state index in [0.717, 1.165) is 22.3 Å². The van der Waals surface area contributed by atoms with Gasteiger partial charge in [0.25, 0.3) is 11.7 Å². The molecule has 35 heavy (non-hydrogen) atoms. The minimum Gasteiger partial charge on any atom is -0.507 e. The average Bonchev–Trinajstić information content (AvgIpc) is 3.10. The molecule has 1 fully saturated rings. The van der Waals surface area contributed by atoms with Crippen LogP contribution in [0.15, 0.2) is 66.5 Å². The van der Waals surface area contributed by atoms with E-state index in [2.05, 4.69) is 4.98 Å². The molecule has 6 heteroatoms. The highest BCUT2D eigenvalue weighted by Crippen LogP contribution is 2.41. The number of benzene rings is 2. The van der Waals surface area contributed by atoms with Crippen LogP contribution in [0.2, 0.25) is 0 Å². The molecule has 3 aromatic rings. The van der Waals surface area contributed by atoms with Crippen molar-refractivity contribution in [2.24, 2.45) is 0 Å². The number of aryl methyl sites for hydroxylation is 2. The number of hydrogen-bond acceptors (Lipinski definition) is 5. The third kappa shape index (κ3) is 4.56. The summed E-state index contributed by atoms with van der Waals surface area (Å²) in [5.74, 6) is -0.707. The van der Waals surface area contributed by atoms with Gasteiger partial charge in [-0.25, -0.2) is 0 Å². The zero-order chi connectivity index (χ0) is 25.3. The van der Waals surface area contributed by atoms with Crippen LogP contribution in [0.25, 0.3) is 5.76 Å². The largest absolute Gasteiger partial charge is 0.507 e. The molecule has 1 atom stereocenters. The number of ether oxygens (including phenoxy) is 1. The van der Waals surface area contributed by atoms with Gasteiger partial charge >= 0.3 is 0 Å². The molecule has 0 radical (unpaired) electrons. The summed E-state index contributed by atoms with van der Waals surface area (Å²) >= 11 is 0. The Balaban J connectivity index is 1.88. The van der Waals surface area contributed by atoms with Crippen LogP contribution < -0.4 is 4.74 Å². The second-order valence-corrected chi connectivity index (χ2v) is 9.25. The molecule has 1 unspecified atom stereocenters. The number of amides is 1. The standard InChI is InChI=1S/C29H30N2O4/c1-17(2)23-14-20(10-11-24(23)35-5)27(32)25-26(21-7-6-12-30-15-21)31(29(34)28(25)33)16-22-13-18(3)8-9-19(22)4/h6-15,17,26,32H,16H2,1-5H3/b27-25-. The Kier molecular flexibility index (Phi) is 6.74. The van der Waals surface area contributed by atoms with Gasteiger partial charge in [0, 0.05) is 24.5 Å². The SMILES string of the molecule is COc1ccc(/C(O)=C2/C(=O)C(=O)N(Cc3cc(C)ccc3C)C2c2cccnc2)cc1C(C)C. The molecule has 2 aromatic carbocycles. The van der Waals surface area contributed by atoms with E-state index in [1.807, 2.05) is 58.0 Å². The molecule has 0 saturated carbocycles. The van der Waals surface area contributed by atoms with Gasteiger partial charge in [0.1, 0.15) is 11.5 Å². The lowest BCUT2D eigenvalue weighted by molar-refractivity contribution is -0.140. The van der Waals surface area contributed by atoms with Crippen molar-refractivity contribution in [3.8, 4) is 5.75 Å². The van der Waals surface area contributed by atoms with Crippen LogP contribution in [0, 0.1) is 13.8 Å². The summed E-state index contributed by atoms with van der Waals surface area (Å²) in [5, 5.41) is 11.4. The molecule has 180 valence electrons. The number of aliphatic hydroxyl groups excluding tert-OH is 1. The molecular weight excluding hydrogens is 440 g/mol. The number of methoxy groups -OCH3 is 1. The number of aromatic nitrogens is 1. The van der Waals surface area contributed by atoms with Crippen molar-refractivity contribution < 1.29 is 19.4 Å². The summed E-state index contributed by atoms with van der Waals surface area (Å²) in [7, 11) is 1.60. The minimum absolute atomic E-state index is 0.0631. The van der Waals surface area contributed by atoms with Crippen LogP contribution in [0.4, 0.5) is 0 Å². The molecule has 0 spiro atoms.